The first-order valence-corrected chi connectivity index (χ1v) is 11.6. The van der Waals surface area contributed by atoms with Crippen molar-refractivity contribution in [1.29, 1.82) is 0 Å². The van der Waals surface area contributed by atoms with Crippen LogP contribution in [0.2, 0.25) is 0 Å². The molecule has 1 aliphatic heterocycles. The molecule has 1 aromatic carbocycles. The average molecular weight is 479 g/mol. The number of aromatic nitrogens is 2. The fourth-order valence-electron chi connectivity index (χ4n) is 3.89. The van der Waals surface area contributed by atoms with Crippen LogP contribution in [-0.2, 0) is 20.9 Å². The number of Topliss-reactive ketones (excluding diaryl/α,β-unsaturated/α-hetero) is 1. The average Bonchev–Trinajstić information content (AvgIpc) is 3.22. The third kappa shape index (κ3) is 4.44. The summed E-state index contributed by atoms with van der Waals surface area (Å²) in [5.41, 5.74) is 1.24. The van der Waals surface area contributed by atoms with E-state index in [1.54, 1.807) is 36.6 Å². The number of hydrogen-bond acceptors (Lipinski definition) is 7. The van der Waals surface area contributed by atoms with Crippen molar-refractivity contribution >= 4 is 51.8 Å². The fourth-order valence-corrected chi connectivity index (χ4v) is 4.78. The summed E-state index contributed by atoms with van der Waals surface area (Å²) in [6.07, 6.45) is 4.14. The standard InChI is InChI=1S/C24H22N4O5S/c1-3-4-14-5-7-15(8-6-14)21(30)23(32)25-11-18-20-16(12-34-18)24(33)28(13(2)26-20)17-9-10-19(29)27-22(17)31/h3-8,12,17H,9-11H2,1-2H3,(H,25,32)(H,27,29,31)/b4-3+. The smallest absolute Gasteiger partial charge is 0.292 e. The Morgan fingerprint density at radius 2 is 1.97 bits per heavy atom. The lowest BCUT2D eigenvalue weighted by molar-refractivity contribution is -0.135. The van der Waals surface area contributed by atoms with E-state index in [4.69, 9.17) is 0 Å². The number of nitrogens with zero attached hydrogens (tertiary/aromatic N) is 2. The molecular weight excluding hydrogens is 456 g/mol. The van der Waals surface area contributed by atoms with E-state index in [1.165, 1.54) is 15.9 Å². The molecule has 2 N–H and O–H groups in total. The zero-order chi connectivity index (χ0) is 24.4. The normalized spacial score (nSPS) is 16.1. The van der Waals surface area contributed by atoms with E-state index in [9.17, 15) is 24.0 Å². The Balaban J connectivity index is 1.52. The second-order valence-corrected chi connectivity index (χ2v) is 8.82. The van der Waals surface area contributed by atoms with E-state index >= 15 is 0 Å². The maximum absolute atomic E-state index is 13.1. The van der Waals surface area contributed by atoms with Crippen molar-refractivity contribution in [2.45, 2.75) is 39.3 Å². The number of rotatable bonds is 6. The van der Waals surface area contributed by atoms with Crippen LogP contribution >= 0.6 is 11.3 Å². The van der Waals surface area contributed by atoms with Crippen LogP contribution in [0.4, 0.5) is 0 Å². The van der Waals surface area contributed by atoms with Gasteiger partial charge in [-0.25, -0.2) is 4.98 Å². The number of aryl methyl sites for hydroxylation is 1. The number of hydrogen-bond donors (Lipinski definition) is 2. The van der Waals surface area contributed by atoms with E-state index in [2.05, 4.69) is 15.6 Å². The van der Waals surface area contributed by atoms with Gasteiger partial charge in [-0.15, -0.1) is 11.3 Å². The number of amides is 3. The largest absolute Gasteiger partial charge is 0.344 e. The monoisotopic (exact) mass is 478 g/mol. The highest BCUT2D eigenvalue weighted by Crippen LogP contribution is 2.25. The summed E-state index contributed by atoms with van der Waals surface area (Å²) in [5, 5.41) is 6.79. The molecule has 3 amide bonds. The maximum atomic E-state index is 13.1. The Hall–Kier alpha value is -3.92. The predicted octanol–water partition coefficient (Wildman–Crippen LogP) is 2.28. The number of ketones is 1. The molecule has 4 rings (SSSR count). The molecule has 2 aromatic heterocycles. The lowest BCUT2D eigenvalue weighted by Crippen LogP contribution is -2.45. The van der Waals surface area contributed by atoms with Crippen LogP contribution in [0, 0.1) is 6.92 Å². The van der Waals surface area contributed by atoms with Gasteiger partial charge in [0.15, 0.2) is 0 Å². The van der Waals surface area contributed by atoms with Crippen molar-refractivity contribution in [3.8, 4) is 0 Å². The predicted molar refractivity (Wildman–Crippen MR) is 127 cm³/mol. The van der Waals surface area contributed by atoms with Gasteiger partial charge in [-0.3, -0.25) is 33.9 Å². The minimum Gasteiger partial charge on any atom is -0.344 e. The summed E-state index contributed by atoms with van der Waals surface area (Å²) in [6, 6.07) is 5.91. The number of imide groups is 1. The van der Waals surface area contributed by atoms with Gasteiger partial charge in [0.25, 0.3) is 11.5 Å². The molecule has 9 nitrogen and oxygen atoms in total. The van der Waals surface area contributed by atoms with Gasteiger partial charge in [-0.2, -0.15) is 0 Å². The molecule has 0 saturated carbocycles. The summed E-state index contributed by atoms with van der Waals surface area (Å²) in [4.78, 5) is 66.8. The summed E-state index contributed by atoms with van der Waals surface area (Å²) in [6.45, 7) is 3.54. The van der Waals surface area contributed by atoms with E-state index in [0.717, 1.165) is 5.56 Å². The van der Waals surface area contributed by atoms with Crippen LogP contribution in [0.5, 0.6) is 0 Å². The Morgan fingerprint density at radius 3 is 2.65 bits per heavy atom. The van der Waals surface area contributed by atoms with Gasteiger partial charge in [0.05, 0.1) is 22.3 Å². The van der Waals surface area contributed by atoms with Gasteiger partial charge in [0.2, 0.25) is 17.6 Å². The van der Waals surface area contributed by atoms with Gasteiger partial charge >= 0.3 is 0 Å². The minimum atomic E-state index is -0.804. The van der Waals surface area contributed by atoms with Crippen molar-refractivity contribution in [1.82, 2.24) is 20.2 Å². The third-order valence-electron chi connectivity index (χ3n) is 5.58. The molecule has 0 aliphatic carbocycles. The van der Waals surface area contributed by atoms with Gasteiger partial charge < -0.3 is 5.32 Å². The number of piperidine rings is 1. The molecule has 1 aliphatic rings. The highest BCUT2D eigenvalue weighted by molar-refractivity contribution is 7.11. The van der Waals surface area contributed by atoms with Crippen LogP contribution in [-0.4, -0.2) is 33.1 Å². The van der Waals surface area contributed by atoms with Gasteiger partial charge in [0, 0.05) is 17.4 Å². The molecular formula is C24H22N4O5S. The molecule has 0 bridgehead atoms. The third-order valence-corrected chi connectivity index (χ3v) is 6.55. The van der Waals surface area contributed by atoms with E-state index < -0.39 is 23.6 Å². The van der Waals surface area contributed by atoms with Gasteiger partial charge in [0.1, 0.15) is 11.9 Å². The Kier molecular flexibility index (Phi) is 6.51. The first kappa shape index (κ1) is 23.2. The summed E-state index contributed by atoms with van der Waals surface area (Å²) in [5.74, 6) is -1.97. The molecule has 174 valence electrons. The van der Waals surface area contributed by atoms with E-state index in [0.29, 0.717) is 21.6 Å². The second kappa shape index (κ2) is 9.52. The van der Waals surface area contributed by atoms with Crippen molar-refractivity contribution in [3.05, 3.63) is 67.9 Å². The number of fused-ring (bicyclic) bond motifs is 1. The molecule has 10 heteroatoms. The first-order chi connectivity index (χ1) is 16.3. The second-order valence-electron chi connectivity index (χ2n) is 7.86. The Labute approximate surface area is 198 Å². The summed E-state index contributed by atoms with van der Waals surface area (Å²) < 4.78 is 1.31. The lowest BCUT2D eigenvalue weighted by atomic mass is 10.1. The zero-order valence-electron chi connectivity index (χ0n) is 18.6. The molecule has 3 aromatic rings. The molecule has 1 fully saturated rings. The Morgan fingerprint density at radius 1 is 1.24 bits per heavy atom. The number of allylic oxidation sites excluding steroid dienone is 1. The highest BCUT2D eigenvalue weighted by Gasteiger charge is 2.31. The highest BCUT2D eigenvalue weighted by atomic mass is 32.1. The summed E-state index contributed by atoms with van der Waals surface area (Å²) in [7, 11) is 0. The van der Waals surface area contributed by atoms with Gasteiger partial charge in [-0.1, -0.05) is 36.4 Å². The quantitative estimate of drug-likeness (QED) is 0.318. The number of benzene rings is 1. The van der Waals surface area contributed by atoms with Crippen LogP contribution < -0.4 is 16.2 Å². The number of carbonyl (C=O) groups excluding carboxylic acids is 4. The van der Waals surface area contributed by atoms with E-state index in [1.807, 2.05) is 19.1 Å². The molecule has 3 heterocycles. The summed E-state index contributed by atoms with van der Waals surface area (Å²) >= 11 is 1.24. The van der Waals surface area contributed by atoms with Crippen molar-refractivity contribution in [2.75, 3.05) is 0 Å². The van der Waals surface area contributed by atoms with Crippen molar-refractivity contribution in [2.24, 2.45) is 0 Å². The van der Waals surface area contributed by atoms with Gasteiger partial charge in [-0.05, 0) is 25.8 Å². The molecule has 0 radical (unpaired) electrons. The first-order valence-electron chi connectivity index (χ1n) is 10.7. The van der Waals surface area contributed by atoms with Crippen LogP contribution in [0.3, 0.4) is 0 Å². The van der Waals surface area contributed by atoms with Crippen molar-refractivity contribution < 1.29 is 19.2 Å². The molecule has 1 saturated heterocycles. The SMILES string of the molecule is C/C=C/c1ccc(C(=O)C(=O)NCc2scc3c(=O)n(C4CCC(=O)NC4=O)c(C)nc23)cc1. The molecule has 1 unspecified atom stereocenters. The molecule has 34 heavy (non-hydrogen) atoms. The number of carbonyl (C=O) groups is 4. The van der Waals surface area contributed by atoms with Crippen LogP contribution in [0.25, 0.3) is 17.0 Å². The Bertz CT molecular complexity index is 1400. The van der Waals surface area contributed by atoms with Crippen molar-refractivity contribution in [3.63, 3.8) is 0 Å². The van der Waals surface area contributed by atoms with Crippen LogP contribution in [0.15, 0.2) is 40.5 Å². The topological polar surface area (TPSA) is 127 Å². The lowest BCUT2D eigenvalue weighted by Gasteiger charge is -2.24. The fraction of sp³-hybridized carbons (Fsp3) is 0.250. The minimum absolute atomic E-state index is 0.0315. The van der Waals surface area contributed by atoms with Crippen LogP contribution in [0.1, 0.15) is 52.4 Å². The number of thiophene rings is 1. The van der Waals surface area contributed by atoms with E-state index in [-0.39, 0.29) is 36.4 Å². The molecule has 0 spiro atoms. The zero-order valence-corrected chi connectivity index (χ0v) is 19.4. The maximum Gasteiger partial charge on any atom is 0.292 e. The number of nitrogens with one attached hydrogen (secondary N) is 2. The molecule has 1 atom stereocenters.